The Hall–Kier alpha value is -0.990. The first-order valence-corrected chi connectivity index (χ1v) is 6.97. The normalized spacial score (nSPS) is 19.7. The maximum Gasteiger partial charge on any atom is 0.410 e. The van der Waals surface area contributed by atoms with E-state index in [1.807, 2.05) is 27.8 Å². The number of hydrogen-bond acceptors (Lipinski definition) is 2. The quantitative estimate of drug-likeness (QED) is 0.709. The molecule has 1 atom stereocenters. The van der Waals surface area contributed by atoms with E-state index in [1.54, 1.807) is 4.90 Å². The molecule has 3 heteroatoms. The molecule has 0 spiro atoms. The third-order valence-electron chi connectivity index (χ3n) is 3.19. The van der Waals surface area contributed by atoms with Crippen LogP contribution in [0.4, 0.5) is 4.79 Å². The topological polar surface area (TPSA) is 29.5 Å². The Morgan fingerprint density at radius 1 is 1.39 bits per heavy atom. The van der Waals surface area contributed by atoms with Crippen LogP contribution >= 0.6 is 0 Å². The molecule has 0 bridgehead atoms. The fourth-order valence-corrected chi connectivity index (χ4v) is 2.17. The molecule has 0 aliphatic heterocycles. The van der Waals surface area contributed by atoms with E-state index in [9.17, 15) is 4.79 Å². The van der Waals surface area contributed by atoms with Crippen molar-refractivity contribution in [2.24, 2.45) is 5.92 Å². The Morgan fingerprint density at radius 2 is 2.11 bits per heavy atom. The molecule has 1 unspecified atom stereocenters. The van der Waals surface area contributed by atoms with Gasteiger partial charge in [0, 0.05) is 13.6 Å². The molecule has 0 radical (unpaired) electrons. The maximum absolute atomic E-state index is 11.7. The number of carbonyl (C=O) groups is 1. The molecule has 18 heavy (non-hydrogen) atoms. The Balaban J connectivity index is 2.18. The first-order chi connectivity index (χ1) is 8.38. The van der Waals surface area contributed by atoms with Gasteiger partial charge in [-0.2, -0.15) is 0 Å². The molecule has 0 aromatic heterocycles. The molecule has 0 saturated heterocycles. The van der Waals surface area contributed by atoms with E-state index in [0.717, 1.165) is 18.9 Å². The fraction of sp³-hybridized carbons (Fsp3) is 0.800. The zero-order valence-corrected chi connectivity index (χ0v) is 12.2. The van der Waals surface area contributed by atoms with Crippen molar-refractivity contribution in [3.8, 4) is 0 Å². The summed E-state index contributed by atoms with van der Waals surface area (Å²) in [5.41, 5.74) is -0.403. The summed E-state index contributed by atoms with van der Waals surface area (Å²) in [4.78, 5) is 13.4. The van der Waals surface area contributed by atoms with Gasteiger partial charge in [0.05, 0.1) is 0 Å². The molecule has 0 saturated carbocycles. The SMILES string of the molecule is CN(CCCC1CC=CCC1)C(=O)OC(C)(C)C. The van der Waals surface area contributed by atoms with Crippen molar-refractivity contribution in [1.29, 1.82) is 0 Å². The molecule has 0 heterocycles. The number of carbonyl (C=O) groups excluding carboxylic acids is 1. The van der Waals surface area contributed by atoms with Crippen LogP contribution in [0.1, 0.15) is 52.9 Å². The van der Waals surface area contributed by atoms with E-state index in [0.29, 0.717) is 0 Å². The second-order valence-electron chi connectivity index (χ2n) is 6.19. The summed E-state index contributed by atoms with van der Waals surface area (Å²) in [7, 11) is 1.81. The van der Waals surface area contributed by atoms with Crippen LogP contribution in [0.3, 0.4) is 0 Å². The number of ether oxygens (including phenoxy) is 1. The first-order valence-electron chi connectivity index (χ1n) is 6.97. The highest BCUT2D eigenvalue weighted by atomic mass is 16.6. The maximum atomic E-state index is 11.7. The Kier molecular flexibility index (Phi) is 5.70. The highest BCUT2D eigenvalue weighted by Gasteiger charge is 2.19. The van der Waals surface area contributed by atoms with E-state index in [2.05, 4.69) is 12.2 Å². The van der Waals surface area contributed by atoms with Crippen LogP contribution in [0, 0.1) is 5.92 Å². The lowest BCUT2D eigenvalue weighted by Crippen LogP contribution is -2.34. The van der Waals surface area contributed by atoms with Crippen molar-refractivity contribution in [2.45, 2.75) is 58.5 Å². The highest BCUT2D eigenvalue weighted by Crippen LogP contribution is 2.22. The van der Waals surface area contributed by atoms with Crippen molar-refractivity contribution >= 4 is 6.09 Å². The standard InChI is InChI=1S/C15H27NO2/c1-15(2,3)18-14(17)16(4)12-8-11-13-9-6-5-7-10-13/h5-6,13H,7-12H2,1-4H3. The average Bonchev–Trinajstić information content (AvgIpc) is 2.28. The molecule has 104 valence electrons. The molecule has 0 N–H and O–H groups in total. The molecule has 3 nitrogen and oxygen atoms in total. The lowest BCUT2D eigenvalue weighted by molar-refractivity contribution is 0.0294. The molecule has 1 rings (SSSR count). The van der Waals surface area contributed by atoms with Gasteiger partial charge < -0.3 is 9.64 Å². The Bertz CT molecular complexity index is 291. The van der Waals surface area contributed by atoms with Gasteiger partial charge in [-0.25, -0.2) is 4.79 Å². The van der Waals surface area contributed by atoms with Crippen molar-refractivity contribution < 1.29 is 9.53 Å². The average molecular weight is 253 g/mol. The number of allylic oxidation sites excluding steroid dienone is 2. The summed E-state index contributed by atoms with van der Waals surface area (Å²) < 4.78 is 5.32. The van der Waals surface area contributed by atoms with Crippen LogP contribution in [0.2, 0.25) is 0 Å². The first kappa shape index (κ1) is 15.1. The Labute approximate surface area is 111 Å². The third kappa shape index (κ3) is 6.08. The van der Waals surface area contributed by atoms with E-state index in [4.69, 9.17) is 4.74 Å². The number of rotatable bonds is 4. The largest absolute Gasteiger partial charge is 0.444 e. The molecule has 0 fully saturated rings. The number of nitrogens with zero attached hydrogens (tertiary/aromatic N) is 1. The van der Waals surface area contributed by atoms with E-state index in [-0.39, 0.29) is 6.09 Å². The van der Waals surface area contributed by atoms with Crippen LogP contribution in [0.25, 0.3) is 0 Å². The zero-order valence-electron chi connectivity index (χ0n) is 12.2. The zero-order chi connectivity index (χ0) is 13.6. The van der Waals surface area contributed by atoms with Gasteiger partial charge in [-0.15, -0.1) is 0 Å². The van der Waals surface area contributed by atoms with E-state index in [1.165, 1.54) is 25.7 Å². The monoisotopic (exact) mass is 253 g/mol. The summed E-state index contributed by atoms with van der Waals surface area (Å²) in [5, 5.41) is 0. The predicted octanol–water partition coefficient (Wildman–Crippen LogP) is 3.99. The minimum Gasteiger partial charge on any atom is -0.444 e. The van der Waals surface area contributed by atoms with Crippen molar-refractivity contribution in [2.75, 3.05) is 13.6 Å². The molecule has 1 aliphatic carbocycles. The van der Waals surface area contributed by atoms with Crippen LogP contribution in [-0.4, -0.2) is 30.2 Å². The highest BCUT2D eigenvalue weighted by molar-refractivity contribution is 5.67. The van der Waals surface area contributed by atoms with Gasteiger partial charge in [0.15, 0.2) is 0 Å². The number of amides is 1. The lowest BCUT2D eigenvalue weighted by atomic mass is 9.90. The van der Waals surface area contributed by atoms with Gasteiger partial charge >= 0.3 is 6.09 Å². The summed E-state index contributed by atoms with van der Waals surface area (Å²) in [5.74, 6) is 0.807. The predicted molar refractivity (Wildman–Crippen MR) is 74.6 cm³/mol. The van der Waals surface area contributed by atoms with Crippen LogP contribution in [-0.2, 0) is 4.74 Å². The smallest absolute Gasteiger partial charge is 0.410 e. The van der Waals surface area contributed by atoms with Crippen LogP contribution in [0.15, 0.2) is 12.2 Å². The second kappa shape index (κ2) is 6.81. The van der Waals surface area contributed by atoms with Crippen molar-refractivity contribution in [1.82, 2.24) is 4.90 Å². The van der Waals surface area contributed by atoms with Crippen molar-refractivity contribution in [3.05, 3.63) is 12.2 Å². The lowest BCUT2D eigenvalue weighted by Gasteiger charge is -2.25. The van der Waals surface area contributed by atoms with E-state index >= 15 is 0 Å². The molecule has 1 amide bonds. The third-order valence-corrected chi connectivity index (χ3v) is 3.19. The van der Waals surface area contributed by atoms with Gasteiger partial charge in [-0.3, -0.25) is 0 Å². The second-order valence-corrected chi connectivity index (χ2v) is 6.19. The summed E-state index contributed by atoms with van der Waals surface area (Å²) in [6, 6.07) is 0. The summed E-state index contributed by atoms with van der Waals surface area (Å²) in [6.45, 7) is 6.47. The molecule has 0 aromatic carbocycles. The summed E-state index contributed by atoms with van der Waals surface area (Å²) >= 11 is 0. The fourth-order valence-electron chi connectivity index (χ4n) is 2.17. The van der Waals surface area contributed by atoms with Gasteiger partial charge in [0.25, 0.3) is 0 Å². The van der Waals surface area contributed by atoms with Gasteiger partial charge in [0.1, 0.15) is 5.60 Å². The Morgan fingerprint density at radius 3 is 2.67 bits per heavy atom. The molecular formula is C15H27NO2. The van der Waals surface area contributed by atoms with Gasteiger partial charge in [-0.05, 0) is 58.8 Å². The minimum atomic E-state index is -0.403. The minimum absolute atomic E-state index is 0.217. The van der Waals surface area contributed by atoms with Crippen LogP contribution < -0.4 is 0 Å². The molecule has 0 aromatic rings. The van der Waals surface area contributed by atoms with E-state index < -0.39 is 5.60 Å². The molecule has 1 aliphatic rings. The molecular weight excluding hydrogens is 226 g/mol. The van der Waals surface area contributed by atoms with Crippen LogP contribution in [0.5, 0.6) is 0 Å². The van der Waals surface area contributed by atoms with Crippen molar-refractivity contribution in [3.63, 3.8) is 0 Å². The number of hydrogen-bond donors (Lipinski definition) is 0. The summed E-state index contributed by atoms with van der Waals surface area (Å²) in [6.07, 6.45) is 10.3. The van der Waals surface area contributed by atoms with Gasteiger partial charge in [0.2, 0.25) is 0 Å². The van der Waals surface area contributed by atoms with Gasteiger partial charge in [-0.1, -0.05) is 12.2 Å².